The summed E-state index contributed by atoms with van der Waals surface area (Å²) in [5.74, 6) is -0.751. The van der Waals surface area contributed by atoms with E-state index in [1.54, 1.807) is 12.1 Å². The fourth-order valence-corrected chi connectivity index (χ4v) is 4.11. The van der Waals surface area contributed by atoms with Gasteiger partial charge in [0.25, 0.3) is 20.2 Å². The van der Waals surface area contributed by atoms with Crippen LogP contribution in [0.5, 0.6) is 0 Å². The van der Waals surface area contributed by atoms with E-state index in [1.165, 1.54) is 19.1 Å². The molecule has 5 N–H and O–H groups in total. The molecule has 0 fully saturated rings. The molecule has 0 aliphatic carbocycles. The minimum atomic E-state index is -4.87. The summed E-state index contributed by atoms with van der Waals surface area (Å²) >= 11 is 0. The molecule has 0 radical (unpaired) electrons. The van der Waals surface area contributed by atoms with Crippen molar-refractivity contribution in [3.63, 3.8) is 0 Å². The zero-order valence-corrected chi connectivity index (χ0v) is 20.5. The second-order valence-electron chi connectivity index (χ2n) is 7.29. The average molecular weight is 568 g/mol. The predicted octanol–water partition coefficient (Wildman–Crippen LogP) is 2.37. The molecule has 0 spiro atoms. The van der Waals surface area contributed by atoms with Gasteiger partial charge in [0.15, 0.2) is 0 Å². The van der Waals surface area contributed by atoms with Crippen molar-refractivity contribution in [2.75, 3.05) is 16.0 Å². The first-order valence-electron chi connectivity index (χ1n) is 10.1. The SMILES string of the molecule is Cc1nc(F)nc(Nc2ccc(Nc3nc(F)nc(Nc4cc(S(=O)(=O)O)ccc4S(=O)(=O)O)n3)cc2)n1. The molecular weight excluding hydrogens is 552 g/mol. The van der Waals surface area contributed by atoms with Crippen LogP contribution in [0.25, 0.3) is 0 Å². The van der Waals surface area contributed by atoms with E-state index in [1.807, 2.05) is 0 Å². The van der Waals surface area contributed by atoms with Crippen molar-refractivity contribution in [3.8, 4) is 0 Å². The molecule has 15 nitrogen and oxygen atoms in total. The summed E-state index contributed by atoms with van der Waals surface area (Å²) in [5.41, 5.74) is 0.262. The van der Waals surface area contributed by atoms with Crippen molar-refractivity contribution in [1.82, 2.24) is 29.9 Å². The van der Waals surface area contributed by atoms with Gasteiger partial charge in [-0.3, -0.25) is 9.11 Å². The summed E-state index contributed by atoms with van der Waals surface area (Å²) in [6, 6.07) is 8.27. The molecule has 38 heavy (non-hydrogen) atoms. The fourth-order valence-electron chi connectivity index (χ4n) is 2.97. The molecule has 0 bridgehead atoms. The van der Waals surface area contributed by atoms with Crippen LogP contribution >= 0.6 is 0 Å². The maximum atomic E-state index is 14.1. The molecule has 4 rings (SSSR count). The Balaban J connectivity index is 1.57. The minimum Gasteiger partial charge on any atom is -0.324 e. The molecule has 0 aliphatic heterocycles. The first-order chi connectivity index (χ1) is 17.8. The van der Waals surface area contributed by atoms with Gasteiger partial charge in [0.1, 0.15) is 10.7 Å². The Morgan fingerprint density at radius 3 is 1.66 bits per heavy atom. The lowest BCUT2D eigenvalue weighted by Gasteiger charge is -2.12. The molecule has 19 heteroatoms. The van der Waals surface area contributed by atoms with Gasteiger partial charge in [-0.05, 0) is 49.4 Å². The van der Waals surface area contributed by atoms with E-state index in [-0.39, 0.29) is 17.7 Å². The highest BCUT2D eigenvalue weighted by atomic mass is 32.2. The monoisotopic (exact) mass is 567 g/mol. The molecule has 0 unspecified atom stereocenters. The Morgan fingerprint density at radius 1 is 0.658 bits per heavy atom. The van der Waals surface area contributed by atoms with Crippen LogP contribution in [0.1, 0.15) is 5.82 Å². The zero-order chi connectivity index (χ0) is 27.7. The quantitative estimate of drug-likeness (QED) is 0.193. The Kier molecular flexibility index (Phi) is 7.09. The van der Waals surface area contributed by atoms with E-state index in [9.17, 15) is 34.7 Å². The van der Waals surface area contributed by atoms with Crippen LogP contribution in [0, 0.1) is 19.1 Å². The van der Waals surface area contributed by atoms with Gasteiger partial charge in [-0.2, -0.15) is 55.5 Å². The van der Waals surface area contributed by atoms with E-state index >= 15 is 0 Å². The van der Waals surface area contributed by atoms with E-state index in [4.69, 9.17) is 0 Å². The maximum absolute atomic E-state index is 14.1. The lowest BCUT2D eigenvalue weighted by molar-refractivity contribution is 0.479. The van der Waals surface area contributed by atoms with Crippen LogP contribution < -0.4 is 16.0 Å². The van der Waals surface area contributed by atoms with Gasteiger partial charge in [0, 0.05) is 11.4 Å². The van der Waals surface area contributed by atoms with Crippen molar-refractivity contribution < 1.29 is 34.7 Å². The van der Waals surface area contributed by atoms with Crippen LogP contribution in [-0.4, -0.2) is 55.8 Å². The zero-order valence-electron chi connectivity index (χ0n) is 18.8. The van der Waals surface area contributed by atoms with Crippen LogP contribution in [0.15, 0.2) is 52.3 Å². The van der Waals surface area contributed by atoms with Crippen LogP contribution in [-0.2, 0) is 20.2 Å². The van der Waals surface area contributed by atoms with Crippen molar-refractivity contribution >= 4 is 55.1 Å². The first kappa shape index (κ1) is 26.6. The summed E-state index contributed by atoms with van der Waals surface area (Å²) in [5, 5.41) is 7.76. The number of rotatable bonds is 8. The van der Waals surface area contributed by atoms with E-state index in [0.717, 1.165) is 6.07 Å². The maximum Gasteiger partial charge on any atom is 0.315 e. The highest BCUT2D eigenvalue weighted by Gasteiger charge is 2.21. The summed E-state index contributed by atoms with van der Waals surface area (Å²) < 4.78 is 92.4. The van der Waals surface area contributed by atoms with E-state index < -0.39 is 53.8 Å². The summed E-state index contributed by atoms with van der Waals surface area (Å²) in [6.45, 7) is 1.49. The van der Waals surface area contributed by atoms with Gasteiger partial charge < -0.3 is 16.0 Å². The standard InChI is InChI=1S/C19H15F2N9O6S2/c1-9-22-15(20)27-17(23-9)24-10-2-4-11(5-3-10)25-18-28-16(21)29-19(30-18)26-13-8-12(37(31,32)33)6-7-14(13)38(34,35)36/h2-8H,1H3,(H,31,32,33)(H,34,35,36)(H,22,23,24,27)(H2,25,26,28,29,30). The number of hydrogen-bond donors (Lipinski definition) is 5. The Bertz CT molecular complexity index is 1720. The second kappa shape index (κ2) is 10.1. The Morgan fingerprint density at radius 2 is 1.16 bits per heavy atom. The van der Waals surface area contributed by atoms with E-state index in [2.05, 4.69) is 45.9 Å². The average Bonchev–Trinajstić information content (AvgIpc) is 2.78. The van der Waals surface area contributed by atoms with Crippen molar-refractivity contribution in [1.29, 1.82) is 0 Å². The number of aryl methyl sites for hydroxylation is 1. The molecule has 2 aromatic carbocycles. The topological polar surface area (TPSA) is 222 Å². The molecule has 2 heterocycles. The lowest BCUT2D eigenvalue weighted by Crippen LogP contribution is -2.10. The third-order valence-electron chi connectivity index (χ3n) is 4.50. The Hall–Kier alpha value is -4.46. The van der Waals surface area contributed by atoms with Crippen molar-refractivity contribution in [2.24, 2.45) is 0 Å². The van der Waals surface area contributed by atoms with Crippen molar-refractivity contribution in [2.45, 2.75) is 16.7 Å². The summed E-state index contributed by atoms with van der Waals surface area (Å²) in [7, 11) is -9.63. The lowest BCUT2D eigenvalue weighted by atomic mass is 10.3. The normalized spacial score (nSPS) is 11.7. The number of nitrogens with one attached hydrogen (secondary N) is 3. The summed E-state index contributed by atoms with van der Waals surface area (Å²) in [6.07, 6.45) is -2.25. The van der Waals surface area contributed by atoms with Gasteiger partial charge in [0.05, 0.1) is 10.6 Å². The molecule has 4 aromatic rings. The van der Waals surface area contributed by atoms with Gasteiger partial charge >= 0.3 is 12.2 Å². The number of aromatic nitrogens is 6. The highest BCUT2D eigenvalue weighted by Crippen LogP contribution is 2.27. The highest BCUT2D eigenvalue weighted by molar-refractivity contribution is 7.86. The molecular formula is C19H15F2N9O6S2. The van der Waals surface area contributed by atoms with Gasteiger partial charge in [-0.1, -0.05) is 0 Å². The number of anilines is 6. The van der Waals surface area contributed by atoms with Gasteiger partial charge in [-0.25, -0.2) is 0 Å². The fraction of sp³-hybridized carbons (Fsp3) is 0.0526. The molecule has 0 saturated heterocycles. The van der Waals surface area contributed by atoms with E-state index in [0.29, 0.717) is 23.5 Å². The van der Waals surface area contributed by atoms with Gasteiger partial charge in [-0.15, -0.1) is 0 Å². The number of halogens is 2. The second-order valence-corrected chi connectivity index (χ2v) is 10.1. The predicted molar refractivity (Wildman–Crippen MR) is 127 cm³/mol. The van der Waals surface area contributed by atoms with Crippen molar-refractivity contribution in [3.05, 3.63) is 60.4 Å². The van der Waals surface area contributed by atoms with Gasteiger partial charge in [0.2, 0.25) is 17.8 Å². The van der Waals surface area contributed by atoms with Crippen LogP contribution in [0.3, 0.4) is 0 Å². The number of benzene rings is 2. The molecule has 0 atom stereocenters. The smallest absolute Gasteiger partial charge is 0.315 e. The Labute approximate surface area is 213 Å². The minimum absolute atomic E-state index is 0.0201. The molecule has 0 amide bonds. The first-order valence-corrected chi connectivity index (χ1v) is 12.9. The largest absolute Gasteiger partial charge is 0.324 e. The third-order valence-corrected chi connectivity index (χ3v) is 6.26. The molecule has 2 aromatic heterocycles. The number of hydrogen-bond acceptors (Lipinski definition) is 13. The molecule has 198 valence electrons. The summed E-state index contributed by atoms with van der Waals surface area (Å²) in [4.78, 5) is 20.1. The molecule has 0 saturated carbocycles. The van der Waals surface area contributed by atoms with Crippen LogP contribution in [0.2, 0.25) is 0 Å². The number of nitrogens with zero attached hydrogens (tertiary/aromatic N) is 6. The van der Waals surface area contributed by atoms with Crippen LogP contribution in [0.4, 0.5) is 43.7 Å². The third kappa shape index (κ3) is 6.64. The molecule has 0 aliphatic rings.